The Labute approximate surface area is 250 Å². The lowest BCUT2D eigenvalue weighted by Crippen LogP contribution is -2.39. The summed E-state index contributed by atoms with van der Waals surface area (Å²) < 4.78 is 29.6. The summed E-state index contributed by atoms with van der Waals surface area (Å²) in [4.78, 5) is 4.78. The van der Waals surface area contributed by atoms with Crippen molar-refractivity contribution in [1.29, 1.82) is 0 Å². The topological polar surface area (TPSA) is 52.6 Å². The predicted molar refractivity (Wildman–Crippen MR) is 169 cm³/mol. The van der Waals surface area contributed by atoms with Gasteiger partial charge in [-0.15, -0.1) is 0 Å². The lowest BCUT2D eigenvalue weighted by Gasteiger charge is -2.28. The van der Waals surface area contributed by atoms with Gasteiger partial charge in [-0.2, -0.15) is 0 Å². The molecular weight excluding hydrogens is 516 g/mol. The molecule has 0 N–H and O–H groups in total. The molecule has 0 aliphatic carbocycles. The highest BCUT2D eigenvalue weighted by Crippen LogP contribution is 2.23. The molecule has 2 atom stereocenters. The van der Waals surface area contributed by atoms with Crippen LogP contribution in [0.2, 0.25) is 0 Å². The zero-order chi connectivity index (χ0) is 30.0. The lowest BCUT2D eigenvalue weighted by molar-refractivity contribution is 0.00265. The van der Waals surface area contributed by atoms with Crippen molar-refractivity contribution in [2.75, 3.05) is 79.0 Å². The minimum atomic E-state index is 0.312. The summed E-state index contributed by atoms with van der Waals surface area (Å²) in [7, 11) is 0. The molecule has 2 aromatic rings. The van der Waals surface area contributed by atoms with Crippen LogP contribution in [0.3, 0.4) is 0 Å². The van der Waals surface area contributed by atoms with E-state index in [4.69, 9.17) is 23.7 Å². The molecule has 0 amide bonds. The monoisotopic (exact) mass is 572 g/mol. The normalized spacial score (nSPS) is 13.1. The van der Waals surface area contributed by atoms with E-state index in [1.54, 1.807) is 0 Å². The number of ether oxygens (including phenoxy) is 5. The molecule has 0 heterocycles. The minimum Gasteiger partial charge on any atom is -0.491 e. The summed E-state index contributed by atoms with van der Waals surface area (Å²) >= 11 is 0. The molecule has 7 nitrogen and oxygen atoms in total. The van der Waals surface area contributed by atoms with Crippen molar-refractivity contribution >= 4 is 0 Å². The second kappa shape index (κ2) is 19.9. The molecular formula is C34H56N2O5. The number of para-hydroxylation sites is 2. The molecule has 232 valence electrons. The summed E-state index contributed by atoms with van der Waals surface area (Å²) in [5.74, 6) is 2.01. The van der Waals surface area contributed by atoms with Gasteiger partial charge in [0, 0.05) is 25.2 Å². The van der Waals surface area contributed by atoms with Crippen molar-refractivity contribution in [3.05, 3.63) is 58.7 Å². The van der Waals surface area contributed by atoms with Gasteiger partial charge < -0.3 is 23.7 Å². The van der Waals surface area contributed by atoms with Gasteiger partial charge >= 0.3 is 0 Å². The Bertz CT molecular complexity index is 868. The lowest BCUT2D eigenvalue weighted by atomic mass is 10.1. The first kappa shape index (κ1) is 35.0. The molecule has 0 spiro atoms. The molecule has 0 aliphatic heterocycles. The van der Waals surface area contributed by atoms with Gasteiger partial charge in [0.1, 0.15) is 24.7 Å². The molecule has 7 heteroatoms. The maximum Gasteiger partial charge on any atom is 0.125 e. The van der Waals surface area contributed by atoms with Crippen LogP contribution in [0.4, 0.5) is 0 Å². The Morgan fingerprint density at radius 3 is 1.17 bits per heavy atom. The summed E-state index contributed by atoms with van der Waals surface area (Å²) in [6.45, 7) is 25.9. The zero-order valence-electron chi connectivity index (χ0n) is 27.0. The Morgan fingerprint density at radius 2 is 0.854 bits per heavy atom. The fourth-order valence-corrected chi connectivity index (χ4v) is 4.96. The minimum absolute atomic E-state index is 0.312. The van der Waals surface area contributed by atoms with E-state index >= 15 is 0 Å². The van der Waals surface area contributed by atoms with E-state index in [-0.39, 0.29) is 0 Å². The van der Waals surface area contributed by atoms with Gasteiger partial charge in [-0.25, -0.2) is 0 Å². The third-order valence-electron chi connectivity index (χ3n) is 7.60. The average Bonchev–Trinajstić information content (AvgIpc) is 2.95. The third kappa shape index (κ3) is 12.7. The summed E-state index contributed by atoms with van der Waals surface area (Å²) in [6.07, 6.45) is 0. The SMILES string of the molecule is CCN(CCOCCOCCOCCN(CC)C(C)COc1c(C)cccc1C)C(C)COc1c(C)cccc1C. The van der Waals surface area contributed by atoms with Gasteiger partial charge in [0.2, 0.25) is 0 Å². The van der Waals surface area contributed by atoms with Crippen LogP contribution in [0.15, 0.2) is 36.4 Å². The largest absolute Gasteiger partial charge is 0.491 e. The van der Waals surface area contributed by atoms with Crippen LogP contribution in [0.25, 0.3) is 0 Å². The molecule has 0 radical (unpaired) electrons. The highest BCUT2D eigenvalue weighted by Gasteiger charge is 2.15. The highest BCUT2D eigenvalue weighted by atomic mass is 16.5. The van der Waals surface area contributed by atoms with E-state index in [0.717, 1.165) is 37.7 Å². The van der Waals surface area contributed by atoms with Gasteiger partial charge in [0.15, 0.2) is 0 Å². The van der Waals surface area contributed by atoms with Gasteiger partial charge in [-0.1, -0.05) is 50.2 Å². The van der Waals surface area contributed by atoms with E-state index in [1.165, 1.54) is 22.3 Å². The summed E-state index contributed by atoms with van der Waals surface area (Å²) in [5, 5.41) is 0. The molecule has 0 aromatic heterocycles. The molecule has 0 bridgehead atoms. The van der Waals surface area contributed by atoms with E-state index in [1.807, 2.05) is 0 Å². The predicted octanol–water partition coefficient (Wildman–Crippen LogP) is 5.85. The van der Waals surface area contributed by atoms with Crippen LogP contribution in [0.1, 0.15) is 49.9 Å². The summed E-state index contributed by atoms with van der Waals surface area (Å²) in [6, 6.07) is 13.2. The first-order chi connectivity index (χ1) is 19.8. The molecule has 2 unspecified atom stereocenters. The Morgan fingerprint density at radius 1 is 0.537 bits per heavy atom. The molecule has 0 aliphatic rings. The Balaban J connectivity index is 1.49. The van der Waals surface area contributed by atoms with Crippen LogP contribution >= 0.6 is 0 Å². The number of aryl methyl sites for hydroxylation is 4. The van der Waals surface area contributed by atoms with Crippen molar-refractivity contribution in [3.8, 4) is 11.5 Å². The fourth-order valence-electron chi connectivity index (χ4n) is 4.96. The van der Waals surface area contributed by atoms with Gasteiger partial charge in [0.05, 0.1) is 39.6 Å². The first-order valence-corrected chi connectivity index (χ1v) is 15.4. The van der Waals surface area contributed by atoms with Crippen LogP contribution in [-0.2, 0) is 14.2 Å². The zero-order valence-corrected chi connectivity index (χ0v) is 27.0. The van der Waals surface area contributed by atoms with Crippen LogP contribution in [0.5, 0.6) is 11.5 Å². The smallest absolute Gasteiger partial charge is 0.125 e. The van der Waals surface area contributed by atoms with Crippen LogP contribution in [0, 0.1) is 27.7 Å². The van der Waals surface area contributed by atoms with E-state index in [2.05, 4.69) is 102 Å². The molecule has 0 saturated carbocycles. The van der Waals surface area contributed by atoms with E-state index in [0.29, 0.717) is 64.9 Å². The van der Waals surface area contributed by atoms with Crippen molar-refractivity contribution in [2.45, 2.75) is 67.5 Å². The van der Waals surface area contributed by atoms with Crippen LogP contribution in [-0.4, -0.2) is 101 Å². The quantitative estimate of drug-likeness (QED) is 0.164. The fraction of sp³-hybridized carbons (Fsp3) is 0.647. The first-order valence-electron chi connectivity index (χ1n) is 15.4. The van der Waals surface area contributed by atoms with Crippen molar-refractivity contribution in [1.82, 2.24) is 9.80 Å². The van der Waals surface area contributed by atoms with Crippen LogP contribution < -0.4 is 9.47 Å². The third-order valence-corrected chi connectivity index (χ3v) is 7.60. The van der Waals surface area contributed by atoms with Crippen molar-refractivity contribution in [2.24, 2.45) is 0 Å². The number of hydrogen-bond acceptors (Lipinski definition) is 7. The molecule has 0 fully saturated rings. The number of benzene rings is 2. The van der Waals surface area contributed by atoms with E-state index < -0.39 is 0 Å². The van der Waals surface area contributed by atoms with Gasteiger partial charge in [-0.05, 0) is 76.9 Å². The summed E-state index contributed by atoms with van der Waals surface area (Å²) in [5.41, 5.74) is 4.73. The standard InChI is InChI=1S/C34H56N2O5/c1-9-35(31(7)25-40-33-27(3)13-11-14-28(33)4)17-19-37-21-23-39-24-22-38-20-18-36(10-2)32(8)26-41-34-29(5)15-12-16-30(34)6/h11-16,31-32H,9-10,17-26H2,1-8H3. The average molecular weight is 573 g/mol. The highest BCUT2D eigenvalue weighted by molar-refractivity contribution is 5.40. The molecule has 2 rings (SSSR count). The second-order valence-electron chi connectivity index (χ2n) is 10.9. The Kier molecular flexibility index (Phi) is 17.0. The second-order valence-corrected chi connectivity index (χ2v) is 10.9. The number of hydrogen-bond donors (Lipinski definition) is 0. The van der Waals surface area contributed by atoms with Gasteiger partial charge in [-0.3, -0.25) is 9.80 Å². The molecule has 0 saturated heterocycles. The maximum atomic E-state index is 6.16. The molecule has 2 aromatic carbocycles. The van der Waals surface area contributed by atoms with Gasteiger partial charge in [0.25, 0.3) is 0 Å². The number of likely N-dealkylation sites (N-methyl/N-ethyl adjacent to an activating group) is 2. The van der Waals surface area contributed by atoms with Crippen molar-refractivity contribution < 1.29 is 23.7 Å². The van der Waals surface area contributed by atoms with E-state index in [9.17, 15) is 0 Å². The Hall–Kier alpha value is -2.16. The molecule has 41 heavy (non-hydrogen) atoms. The number of nitrogens with zero attached hydrogens (tertiary/aromatic N) is 2. The number of rotatable bonds is 22. The van der Waals surface area contributed by atoms with Crippen molar-refractivity contribution in [3.63, 3.8) is 0 Å². The maximum absolute atomic E-state index is 6.16.